The molecule has 0 aliphatic carbocycles. The first-order valence-electron chi connectivity index (χ1n) is 6.64. The molecular formula is C13H21BrN4O. The molecule has 1 atom stereocenters. The first kappa shape index (κ1) is 15.9. The van der Waals surface area contributed by atoms with E-state index < -0.39 is 0 Å². The van der Waals surface area contributed by atoms with Crippen LogP contribution in [-0.2, 0) is 11.2 Å². The van der Waals surface area contributed by atoms with Crippen LogP contribution in [0.2, 0.25) is 0 Å². The van der Waals surface area contributed by atoms with Crippen molar-refractivity contribution in [1.29, 1.82) is 0 Å². The number of nitrogens with one attached hydrogen (secondary N) is 2. The Balaban J connectivity index is 2.67. The Hall–Kier alpha value is -1.17. The summed E-state index contributed by atoms with van der Waals surface area (Å²) in [7, 11) is 0. The predicted molar refractivity (Wildman–Crippen MR) is 80.1 cm³/mol. The molecule has 0 bridgehead atoms. The van der Waals surface area contributed by atoms with E-state index in [1.807, 2.05) is 13.8 Å². The Morgan fingerprint density at radius 2 is 2.11 bits per heavy atom. The third-order valence-corrected chi connectivity index (χ3v) is 2.93. The van der Waals surface area contributed by atoms with Crippen LogP contribution >= 0.6 is 15.9 Å². The van der Waals surface area contributed by atoms with Gasteiger partial charge in [-0.2, -0.15) is 0 Å². The van der Waals surface area contributed by atoms with Crippen LogP contribution in [0.25, 0.3) is 0 Å². The van der Waals surface area contributed by atoms with Crippen LogP contribution in [0, 0.1) is 0 Å². The van der Waals surface area contributed by atoms with Crippen LogP contribution in [-0.4, -0.2) is 28.5 Å². The Morgan fingerprint density at radius 1 is 1.37 bits per heavy atom. The van der Waals surface area contributed by atoms with E-state index in [0.29, 0.717) is 12.4 Å². The molecule has 0 aliphatic rings. The molecule has 1 amide bonds. The van der Waals surface area contributed by atoms with Gasteiger partial charge >= 0.3 is 0 Å². The second-order valence-corrected chi connectivity index (χ2v) is 5.21. The fraction of sp³-hybridized carbons (Fsp3) is 0.615. The second kappa shape index (κ2) is 8.09. The number of rotatable bonds is 7. The van der Waals surface area contributed by atoms with Crippen LogP contribution in [0.1, 0.15) is 39.4 Å². The maximum absolute atomic E-state index is 11.8. The third-order valence-electron chi connectivity index (χ3n) is 2.52. The van der Waals surface area contributed by atoms with E-state index >= 15 is 0 Å². The van der Waals surface area contributed by atoms with E-state index in [4.69, 9.17) is 0 Å². The molecule has 0 saturated carbocycles. The van der Waals surface area contributed by atoms with Crippen molar-refractivity contribution in [3.05, 3.63) is 16.5 Å². The maximum Gasteiger partial charge on any atom is 0.242 e. The Morgan fingerprint density at radius 3 is 2.74 bits per heavy atom. The summed E-state index contributed by atoms with van der Waals surface area (Å²) in [5.41, 5.74) is 0. The fourth-order valence-corrected chi connectivity index (χ4v) is 1.98. The van der Waals surface area contributed by atoms with Crippen molar-refractivity contribution in [1.82, 2.24) is 15.3 Å². The molecule has 19 heavy (non-hydrogen) atoms. The smallest absolute Gasteiger partial charge is 0.242 e. The van der Waals surface area contributed by atoms with Gasteiger partial charge in [-0.1, -0.05) is 13.8 Å². The van der Waals surface area contributed by atoms with Gasteiger partial charge in [-0.3, -0.25) is 4.79 Å². The number of aryl methyl sites for hydroxylation is 1. The van der Waals surface area contributed by atoms with Gasteiger partial charge in [-0.05, 0) is 35.7 Å². The first-order valence-corrected chi connectivity index (χ1v) is 7.43. The van der Waals surface area contributed by atoms with Gasteiger partial charge in [0.05, 0.1) is 0 Å². The number of hydrogen-bond acceptors (Lipinski definition) is 4. The lowest BCUT2D eigenvalue weighted by Gasteiger charge is -2.15. The van der Waals surface area contributed by atoms with Gasteiger partial charge in [0, 0.05) is 19.0 Å². The highest BCUT2D eigenvalue weighted by Crippen LogP contribution is 2.14. The number of hydrogen-bond donors (Lipinski definition) is 2. The highest BCUT2D eigenvalue weighted by molar-refractivity contribution is 9.10. The van der Waals surface area contributed by atoms with Gasteiger partial charge in [0.25, 0.3) is 0 Å². The summed E-state index contributed by atoms with van der Waals surface area (Å²) in [6.07, 6.45) is 2.74. The van der Waals surface area contributed by atoms with Crippen molar-refractivity contribution in [2.75, 3.05) is 11.9 Å². The molecule has 1 rings (SSSR count). The molecular weight excluding hydrogens is 308 g/mol. The SMILES string of the molecule is CCCNC(=O)C(C)Nc1cc(Br)nc(CCC)n1. The van der Waals surface area contributed by atoms with E-state index in [2.05, 4.69) is 43.5 Å². The summed E-state index contributed by atoms with van der Waals surface area (Å²) >= 11 is 3.36. The summed E-state index contributed by atoms with van der Waals surface area (Å²) in [5, 5.41) is 5.95. The third kappa shape index (κ3) is 5.55. The largest absolute Gasteiger partial charge is 0.358 e. The minimum Gasteiger partial charge on any atom is -0.358 e. The molecule has 2 N–H and O–H groups in total. The normalized spacial score (nSPS) is 12.0. The zero-order chi connectivity index (χ0) is 14.3. The van der Waals surface area contributed by atoms with Crippen LogP contribution in [0.4, 0.5) is 5.82 Å². The highest BCUT2D eigenvalue weighted by Gasteiger charge is 2.13. The van der Waals surface area contributed by atoms with Crippen molar-refractivity contribution in [3.63, 3.8) is 0 Å². The number of carbonyl (C=O) groups is 1. The van der Waals surface area contributed by atoms with E-state index in [-0.39, 0.29) is 11.9 Å². The molecule has 1 aromatic rings. The van der Waals surface area contributed by atoms with Crippen molar-refractivity contribution in [2.24, 2.45) is 0 Å². The number of nitrogens with zero attached hydrogens (tertiary/aromatic N) is 2. The van der Waals surface area contributed by atoms with Crippen molar-refractivity contribution in [2.45, 2.75) is 46.1 Å². The summed E-state index contributed by atoms with van der Waals surface area (Å²) in [5.74, 6) is 1.43. The quantitative estimate of drug-likeness (QED) is 0.755. The molecule has 6 heteroatoms. The average molecular weight is 329 g/mol. The molecule has 0 aromatic carbocycles. The summed E-state index contributed by atoms with van der Waals surface area (Å²) in [4.78, 5) is 20.5. The van der Waals surface area contributed by atoms with Gasteiger partial charge in [0.1, 0.15) is 22.3 Å². The number of amides is 1. The van der Waals surface area contributed by atoms with Crippen LogP contribution < -0.4 is 10.6 Å². The summed E-state index contributed by atoms with van der Waals surface area (Å²) in [6, 6.07) is 1.46. The minimum atomic E-state index is -0.317. The van der Waals surface area contributed by atoms with Gasteiger partial charge in [-0.15, -0.1) is 0 Å². The maximum atomic E-state index is 11.8. The topological polar surface area (TPSA) is 66.9 Å². The number of anilines is 1. The lowest BCUT2D eigenvalue weighted by atomic mass is 10.3. The zero-order valence-corrected chi connectivity index (χ0v) is 13.2. The van der Waals surface area contributed by atoms with Crippen molar-refractivity contribution >= 4 is 27.7 Å². The molecule has 0 saturated heterocycles. The average Bonchev–Trinajstić information content (AvgIpc) is 2.35. The van der Waals surface area contributed by atoms with Gasteiger partial charge in [0.2, 0.25) is 5.91 Å². The number of aromatic nitrogens is 2. The molecule has 0 radical (unpaired) electrons. The van der Waals surface area contributed by atoms with Gasteiger partial charge < -0.3 is 10.6 Å². The van der Waals surface area contributed by atoms with Crippen molar-refractivity contribution < 1.29 is 4.79 Å². The highest BCUT2D eigenvalue weighted by atomic mass is 79.9. The number of halogens is 1. The summed E-state index contributed by atoms with van der Waals surface area (Å²) < 4.78 is 0.731. The molecule has 106 valence electrons. The van der Waals surface area contributed by atoms with Crippen LogP contribution in [0.3, 0.4) is 0 Å². The minimum absolute atomic E-state index is 0.0198. The molecule has 1 unspecified atom stereocenters. The van der Waals surface area contributed by atoms with Gasteiger partial charge in [0.15, 0.2) is 0 Å². The fourth-order valence-electron chi connectivity index (χ4n) is 1.56. The first-order chi connectivity index (χ1) is 9.06. The molecule has 1 heterocycles. The van der Waals surface area contributed by atoms with E-state index in [1.54, 1.807) is 6.07 Å². The molecule has 0 aliphatic heterocycles. The van der Waals surface area contributed by atoms with Gasteiger partial charge in [-0.25, -0.2) is 9.97 Å². The summed E-state index contributed by atoms with van der Waals surface area (Å²) in [6.45, 7) is 6.62. The Bertz CT molecular complexity index is 425. The molecule has 1 aromatic heterocycles. The monoisotopic (exact) mass is 328 g/mol. The standard InChI is InChI=1S/C13H21BrN4O/c1-4-6-11-17-10(14)8-12(18-11)16-9(3)13(19)15-7-5-2/h8-9H,4-7H2,1-3H3,(H,15,19)(H,16,17,18). The van der Waals surface area contributed by atoms with Crippen LogP contribution in [0.15, 0.2) is 10.7 Å². The van der Waals surface area contributed by atoms with Crippen molar-refractivity contribution in [3.8, 4) is 0 Å². The Labute approximate surface area is 122 Å². The van der Waals surface area contributed by atoms with Crippen LogP contribution in [0.5, 0.6) is 0 Å². The molecule has 0 spiro atoms. The molecule has 5 nitrogen and oxygen atoms in total. The zero-order valence-electron chi connectivity index (χ0n) is 11.7. The lowest BCUT2D eigenvalue weighted by molar-refractivity contribution is -0.121. The lowest BCUT2D eigenvalue weighted by Crippen LogP contribution is -2.38. The Kier molecular flexibility index (Phi) is 6.77. The van der Waals surface area contributed by atoms with E-state index in [0.717, 1.165) is 29.7 Å². The molecule has 0 fully saturated rings. The second-order valence-electron chi connectivity index (χ2n) is 4.40. The number of carbonyl (C=O) groups excluding carboxylic acids is 1. The van der Waals surface area contributed by atoms with E-state index in [9.17, 15) is 4.79 Å². The van der Waals surface area contributed by atoms with E-state index in [1.165, 1.54) is 0 Å². The predicted octanol–water partition coefficient (Wildman–Crippen LogP) is 2.52.